The van der Waals surface area contributed by atoms with Gasteiger partial charge in [-0.2, -0.15) is 13.2 Å². The number of pyridine rings is 1. The van der Waals surface area contributed by atoms with Gasteiger partial charge in [0.1, 0.15) is 11.5 Å². The Balaban J connectivity index is 2.09. The summed E-state index contributed by atoms with van der Waals surface area (Å²) in [5.41, 5.74) is 0.615. The Morgan fingerprint density at radius 3 is 2.62 bits per heavy atom. The Morgan fingerprint density at radius 2 is 1.86 bits per heavy atom. The largest absolute Gasteiger partial charge is 0.433 e. The molecule has 6 heteroatoms. The molecule has 0 spiro atoms. The average molecular weight is 311 g/mol. The molecular weight excluding hydrogens is 301 g/mol. The van der Waals surface area contributed by atoms with Crippen LogP contribution in [0.15, 0.2) is 42.5 Å². The Morgan fingerprint density at radius 1 is 1.10 bits per heavy atom. The number of hydrogen-bond donors (Lipinski definition) is 0. The zero-order valence-corrected chi connectivity index (χ0v) is 11.5. The Kier molecular flexibility index (Phi) is 3.37. The van der Waals surface area contributed by atoms with Gasteiger partial charge >= 0.3 is 6.18 Å². The fraction of sp³-hybridized carbons (Fsp3) is 0.133. The van der Waals surface area contributed by atoms with E-state index in [9.17, 15) is 13.2 Å². The quantitative estimate of drug-likeness (QED) is 0.743. The van der Waals surface area contributed by atoms with E-state index in [1.807, 2.05) is 18.2 Å². The first-order valence-electron chi connectivity index (χ1n) is 6.23. The van der Waals surface area contributed by atoms with Crippen LogP contribution in [-0.4, -0.2) is 11.5 Å². The average Bonchev–Trinajstić information content (AvgIpc) is 2.46. The van der Waals surface area contributed by atoms with E-state index >= 15 is 0 Å². The van der Waals surface area contributed by atoms with Crippen LogP contribution in [0.4, 0.5) is 24.7 Å². The lowest BCUT2D eigenvalue weighted by molar-refractivity contribution is -0.141. The van der Waals surface area contributed by atoms with Crippen molar-refractivity contribution in [2.75, 3.05) is 11.4 Å². The van der Waals surface area contributed by atoms with Gasteiger partial charge in [0.15, 0.2) is 0 Å². The summed E-state index contributed by atoms with van der Waals surface area (Å²) in [6, 6.07) is 9.21. The predicted octanol–water partition coefficient (Wildman–Crippen LogP) is 4.92. The number of benzene rings is 1. The topological polar surface area (TPSA) is 16.1 Å². The number of hydrogen-bond acceptors (Lipinski definition) is 2. The van der Waals surface area contributed by atoms with Crippen molar-refractivity contribution in [1.82, 2.24) is 4.98 Å². The Hall–Kier alpha value is -2.01. The lowest BCUT2D eigenvalue weighted by atomic mass is 10.1. The zero-order valence-electron chi connectivity index (χ0n) is 10.7. The molecule has 0 unspecified atom stereocenters. The molecule has 0 bridgehead atoms. The molecule has 0 radical (unpaired) electrons. The molecular formula is C15H10ClF3N2. The molecule has 2 heterocycles. The minimum atomic E-state index is -4.47. The SMILES string of the molecule is FC(F)(F)c1cccc(N2CC=Cc3cccc(Cl)c32)n1. The molecule has 1 aromatic heterocycles. The summed E-state index contributed by atoms with van der Waals surface area (Å²) >= 11 is 6.19. The highest BCUT2D eigenvalue weighted by atomic mass is 35.5. The fourth-order valence-corrected chi connectivity index (χ4v) is 2.55. The van der Waals surface area contributed by atoms with Crippen molar-refractivity contribution in [2.45, 2.75) is 6.18 Å². The van der Waals surface area contributed by atoms with Crippen LogP contribution >= 0.6 is 11.6 Å². The second kappa shape index (κ2) is 5.07. The Bertz CT molecular complexity index is 710. The minimum absolute atomic E-state index is 0.225. The van der Waals surface area contributed by atoms with Gasteiger partial charge in [0.05, 0.1) is 10.7 Å². The number of halogens is 4. The molecule has 3 rings (SSSR count). The van der Waals surface area contributed by atoms with Crippen LogP contribution in [-0.2, 0) is 6.18 Å². The highest BCUT2D eigenvalue weighted by Gasteiger charge is 2.33. The second-order valence-corrected chi connectivity index (χ2v) is 4.98. The number of anilines is 2. The van der Waals surface area contributed by atoms with Gasteiger partial charge in [-0.05, 0) is 23.8 Å². The predicted molar refractivity (Wildman–Crippen MR) is 76.7 cm³/mol. The van der Waals surface area contributed by atoms with Crippen molar-refractivity contribution in [1.29, 1.82) is 0 Å². The standard InChI is InChI=1S/C15H10ClF3N2/c16-11-6-1-4-10-5-3-9-21(14(10)11)13-8-2-7-12(20-13)15(17,18)19/h1-8H,9H2. The molecule has 0 saturated carbocycles. The number of fused-ring (bicyclic) bond motifs is 1. The zero-order chi connectivity index (χ0) is 15.0. The highest BCUT2D eigenvalue weighted by Crippen LogP contribution is 2.38. The molecule has 0 amide bonds. The maximum atomic E-state index is 12.8. The molecule has 0 saturated heterocycles. The summed E-state index contributed by atoms with van der Waals surface area (Å²) in [7, 11) is 0. The van der Waals surface area contributed by atoms with Crippen molar-refractivity contribution < 1.29 is 13.2 Å². The van der Waals surface area contributed by atoms with Crippen molar-refractivity contribution in [3.05, 3.63) is 58.8 Å². The smallest absolute Gasteiger partial charge is 0.321 e. The third-order valence-corrected chi connectivity index (χ3v) is 3.48. The summed E-state index contributed by atoms with van der Waals surface area (Å²) < 4.78 is 38.4. The molecule has 21 heavy (non-hydrogen) atoms. The second-order valence-electron chi connectivity index (χ2n) is 4.57. The lowest BCUT2D eigenvalue weighted by Gasteiger charge is -2.28. The number of alkyl halides is 3. The molecule has 1 aliphatic heterocycles. The summed E-state index contributed by atoms with van der Waals surface area (Å²) in [6.07, 6.45) is -0.711. The van der Waals surface area contributed by atoms with Gasteiger partial charge in [-0.25, -0.2) is 4.98 Å². The van der Waals surface area contributed by atoms with Gasteiger partial charge in [-0.15, -0.1) is 0 Å². The maximum absolute atomic E-state index is 12.8. The maximum Gasteiger partial charge on any atom is 0.433 e. The van der Waals surface area contributed by atoms with Gasteiger partial charge in [0.25, 0.3) is 0 Å². The van der Waals surface area contributed by atoms with Gasteiger partial charge in [0.2, 0.25) is 0 Å². The van der Waals surface area contributed by atoms with E-state index < -0.39 is 11.9 Å². The van der Waals surface area contributed by atoms with Crippen LogP contribution in [0.5, 0.6) is 0 Å². The lowest BCUT2D eigenvalue weighted by Crippen LogP contribution is -2.23. The first-order valence-corrected chi connectivity index (χ1v) is 6.61. The van der Waals surface area contributed by atoms with E-state index in [-0.39, 0.29) is 5.82 Å². The summed E-state index contributed by atoms with van der Waals surface area (Å²) in [6.45, 7) is 0.422. The van der Waals surface area contributed by atoms with Crippen LogP contribution in [0.3, 0.4) is 0 Å². The number of nitrogens with zero attached hydrogens (tertiary/aromatic N) is 2. The number of rotatable bonds is 1. The van der Waals surface area contributed by atoms with Crippen molar-refractivity contribution in [2.24, 2.45) is 0 Å². The van der Waals surface area contributed by atoms with Crippen LogP contribution in [0.25, 0.3) is 6.08 Å². The molecule has 0 fully saturated rings. The molecule has 1 aliphatic rings. The van der Waals surface area contributed by atoms with E-state index in [2.05, 4.69) is 4.98 Å². The van der Waals surface area contributed by atoms with Crippen molar-refractivity contribution in [3.63, 3.8) is 0 Å². The first kappa shape index (κ1) is 13.9. The van der Waals surface area contributed by atoms with E-state index in [1.165, 1.54) is 6.07 Å². The molecule has 0 aliphatic carbocycles. The third kappa shape index (κ3) is 2.61. The molecule has 0 N–H and O–H groups in total. The van der Waals surface area contributed by atoms with Crippen molar-refractivity contribution in [3.8, 4) is 0 Å². The summed E-state index contributed by atoms with van der Waals surface area (Å²) in [4.78, 5) is 5.39. The van der Waals surface area contributed by atoms with Crippen LogP contribution < -0.4 is 4.90 Å². The van der Waals surface area contributed by atoms with Crippen LogP contribution in [0.2, 0.25) is 5.02 Å². The van der Waals surface area contributed by atoms with Crippen LogP contribution in [0, 0.1) is 0 Å². The Labute approximate surface area is 124 Å². The van der Waals surface area contributed by atoms with E-state index in [0.717, 1.165) is 11.6 Å². The molecule has 2 aromatic rings. The van der Waals surface area contributed by atoms with Gasteiger partial charge in [-0.1, -0.05) is 42.0 Å². The normalized spacial score (nSPS) is 14.2. The van der Waals surface area contributed by atoms with Crippen LogP contribution in [0.1, 0.15) is 11.3 Å². The monoisotopic (exact) mass is 310 g/mol. The fourth-order valence-electron chi connectivity index (χ4n) is 2.27. The third-order valence-electron chi connectivity index (χ3n) is 3.17. The van der Waals surface area contributed by atoms with Gasteiger partial charge in [-0.3, -0.25) is 0 Å². The van der Waals surface area contributed by atoms with Crippen molar-refractivity contribution >= 4 is 29.2 Å². The molecule has 1 aromatic carbocycles. The summed E-state index contributed by atoms with van der Waals surface area (Å²) in [5, 5.41) is 0.482. The first-order chi connectivity index (χ1) is 9.97. The molecule has 0 atom stereocenters. The summed E-state index contributed by atoms with van der Waals surface area (Å²) in [5.74, 6) is 0.225. The minimum Gasteiger partial charge on any atom is -0.321 e. The molecule has 2 nitrogen and oxygen atoms in total. The van der Waals surface area contributed by atoms with Gasteiger partial charge in [0, 0.05) is 6.54 Å². The van der Waals surface area contributed by atoms with E-state index in [4.69, 9.17) is 11.6 Å². The van der Waals surface area contributed by atoms with E-state index in [0.29, 0.717) is 17.3 Å². The number of aromatic nitrogens is 1. The number of para-hydroxylation sites is 1. The van der Waals surface area contributed by atoms with E-state index in [1.54, 1.807) is 23.1 Å². The van der Waals surface area contributed by atoms with Gasteiger partial charge < -0.3 is 4.90 Å². The molecule has 108 valence electrons. The highest BCUT2D eigenvalue weighted by molar-refractivity contribution is 6.33.